The number of hydrogen-bond donors (Lipinski definition) is 2. The normalized spacial score (nSPS) is 19.3. The lowest BCUT2D eigenvalue weighted by Crippen LogP contribution is -2.46. The summed E-state index contributed by atoms with van der Waals surface area (Å²) in [5.41, 5.74) is 2.09. The van der Waals surface area contributed by atoms with Crippen molar-refractivity contribution in [2.75, 3.05) is 32.8 Å². The standard InChI is InChI=1S/C29H40N2O4/c1-2-3-4-5-9-12-28(32)30-25(21-31-16-15-24(20-31)22-10-7-6-8-11-22)29(33)23-13-14-26-27(19-23)35-18-17-34-26/h6-8,10-11,13-14,19,24-25,29,33H,2-5,9,12,15-18,20-21H2,1H3,(H,30,32)/t24?,25-,29-/m1/s1. The van der Waals surface area contributed by atoms with Gasteiger partial charge in [-0.25, -0.2) is 0 Å². The molecule has 4 rings (SSSR count). The summed E-state index contributed by atoms with van der Waals surface area (Å²) in [6.07, 6.45) is 6.29. The van der Waals surface area contributed by atoms with Crippen LogP contribution in [0, 0.1) is 0 Å². The molecule has 0 spiro atoms. The molecule has 0 saturated carbocycles. The number of aliphatic hydroxyl groups is 1. The summed E-state index contributed by atoms with van der Waals surface area (Å²) in [5.74, 6) is 1.85. The Morgan fingerprint density at radius 3 is 2.63 bits per heavy atom. The van der Waals surface area contributed by atoms with Gasteiger partial charge in [0.2, 0.25) is 5.91 Å². The number of nitrogens with one attached hydrogen (secondary N) is 1. The van der Waals surface area contributed by atoms with Gasteiger partial charge in [0.1, 0.15) is 19.3 Å². The molecule has 6 nitrogen and oxygen atoms in total. The third-order valence-corrected chi connectivity index (χ3v) is 7.14. The summed E-state index contributed by atoms with van der Waals surface area (Å²) in [6, 6.07) is 15.8. The topological polar surface area (TPSA) is 71.0 Å². The Morgan fingerprint density at radius 1 is 1.06 bits per heavy atom. The number of likely N-dealkylation sites (tertiary alicyclic amines) is 1. The van der Waals surface area contributed by atoms with E-state index in [0.29, 0.717) is 43.6 Å². The number of nitrogens with zero attached hydrogens (tertiary/aromatic N) is 1. The Bertz CT molecular complexity index is 936. The van der Waals surface area contributed by atoms with Crippen molar-refractivity contribution < 1.29 is 19.4 Å². The number of aliphatic hydroxyl groups excluding tert-OH is 1. The molecule has 2 aromatic carbocycles. The molecule has 0 aliphatic carbocycles. The van der Waals surface area contributed by atoms with E-state index in [9.17, 15) is 9.90 Å². The highest BCUT2D eigenvalue weighted by atomic mass is 16.6. The molecule has 0 aromatic heterocycles. The van der Waals surface area contributed by atoms with Crippen LogP contribution in [0.25, 0.3) is 0 Å². The average Bonchev–Trinajstić information content (AvgIpc) is 3.36. The molecular weight excluding hydrogens is 440 g/mol. The predicted octanol–water partition coefficient (Wildman–Crippen LogP) is 4.83. The van der Waals surface area contributed by atoms with Crippen LogP contribution in [0.15, 0.2) is 48.5 Å². The fourth-order valence-corrected chi connectivity index (χ4v) is 5.14. The van der Waals surface area contributed by atoms with Crippen molar-refractivity contribution in [2.45, 2.75) is 69.9 Å². The van der Waals surface area contributed by atoms with E-state index in [2.05, 4.69) is 41.4 Å². The van der Waals surface area contributed by atoms with Crippen molar-refractivity contribution in [1.29, 1.82) is 0 Å². The zero-order valence-corrected chi connectivity index (χ0v) is 21.0. The van der Waals surface area contributed by atoms with Crippen LogP contribution in [-0.4, -0.2) is 54.8 Å². The molecule has 2 aliphatic heterocycles. The molecule has 1 saturated heterocycles. The maximum atomic E-state index is 12.8. The van der Waals surface area contributed by atoms with Gasteiger partial charge >= 0.3 is 0 Å². The highest BCUT2D eigenvalue weighted by molar-refractivity contribution is 5.76. The van der Waals surface area contributed by atoms with E-state index in [-0.39, 0.29) is 5.91 Å². The molecule has 2 N–H and O–H groups in total. The molecule has 0 radical (unpaired) electrons. The van der Waals surface area contributed by atoms with E-state index in [1.807, 2.05) is 24.3 Å². The lowest BCUT2D eigenvalue weighted by Gasteiger charge is -2.29. The molecule has 190 valence electrons. The SMILES string of the molecule is CCCCCCCC(=O)N[C@H](CN1CCC(c2ccccc2)C1)[C@H](O)c1ccc2c(c1)OCCO2. The Hall–Kier alpha value is -2.57. The van der Waals surface area contributed by atoms with Gasteiger partial charge in [-0.3, -0.25) is 4.79 Å². The van der Waals surface area contributed by atoms with Crippen molar-refractivity contribution in [1.82, 2.24) is 10.2 Å². The highest BCUT2D eigenvalue weighted by Crippen LogP contribution is 2.34. The van der Waals surface area contributed by atoms with Crippen molar-refractivity contribution >= 4 is 5.91 Å². The molecule has 2 aromatic rings. The van der Waals surface area contributed by atoms with E-state index in [1.54, 1.807) is 0 Å². The average molecular weight is 481 g/mol. The summed E-state index contributed by atoms with van der Waals surface area (Å²) >= 11 is 0. The van der Waals surface area contributed by atoms with Crippen molar-refractivity contribution in [3.8, 4) is 11.5 Å². The summed E-state index contributed by atoms with van der Waals surface area (Å²) in [7, 11) is 0. The summed E-state index contributed by atoms with van der Waals surface area (Å²) in [5, 5.41) is 14.5. The molecule has 1 fully saturated rings. The Labute approximate surface area is 209 Å². The van der Waals surface area contributed by atoms with Crippen molar-refractivity contribution in [2.24, 2.45) is 0 Å². The van der Waals surface area contributed by atoms with Crippen LogP contribution in [0.2, 0.25) is 0 Å². The molecule has 0 bridgehead atoms. The molecule has 1 unspecified atom stereocenters. The van der Waals surface area contributed by atoms with E-state index in [1.165, 1.54) is 24.8 Å². The van der Waals surface area contributed by atoms with Crippen molar-refractivity contribution in [3.63, 3.8) is 0 Å². The molecule has 3 atom stereocenters. The van der Waals surface area contributed by atoms with Gasteiger partial charge in [0.05, 0.1) is 6.04 Å². The molecular formula is C29H40N2O4. The van der Waals surface area contributed by atoms with Crippen LogP contribution < -0.4 is 14.8 Å². The smallest absolute Gasteiger partial charge is 0.220 e. The minimum atomic E-state index is -0.828. The summed E-state index contributed by atoms with van der Waals surface area (Å²) < 4.78 is 11.4. The predicted molar refractivity (Wildman–Crippen MR) is 138 cm³/mol. The Balaban J connectivity index is 1.41. The fraction of sp³-hybridized carbons (Fsp3) is 0.552. The first-order valence-corrected chi connectivity index (χ1v) is 13.3. The molecule has 35 heavy (non-hydrogen) atoms. The van der Waals surface area contributed by atoms with Gasteiger partial charge in [-0.2, -0.15) is 0 Å². The van der Waals surface area contributed by atoms with E-state index >= 15 is 0 Å². The van der Waals surface area contributed by atoms with Crippen molar-refractivity contribution in [3.05, 3.63) is 59.7 Å². The monoisotopic (exact) mass is 480 g/mol. The lowest BCUT2D eigenvalue weighted by molar-refractivity contribution is -0.123. The van der Waals surface area contributed by atoms with E-state index < -0.39 is 12.1 Å². The second kappa shape index (κ2) is 12.9. The molecule has 1 amide bonds. The van der Waals surface area contributed by atoms with Gasteiger partial charge in [-0.05, 0) is 48.6 Å². The number of fused-ring (bicyclic) bond motifs is 1. The quantitative estimate of drug-likeness (QED) is 0.426. The summed E-state index contributed by atoms with van der Waals surface area (Å²) in [4.78, 5) is 15.2. The van der Waals surface area contributed by atoms with Gasteiger partial charge in [0.25, 0.3) is 0 Å². The number of unbranched alkanes of at least 4 members (excludes halogenated alkanes) is 4. The first-order valence-electron chi connectivity index (χ1n) is 13.3. The molecule has 6 heteroatoms. The number of rotatable bonds is 12. The number of ether oxygens (including phenoxy) is 2. The van der Waals surface area contributed by atoms with Crippen LogP contribution in [0.1, 0.15) is 75.0 Å². The highest BCUT2D eigenvalue weighted by Gasteiger charge is 2.30. The van der Waals surface area contributed by atoms with Gasteiger partial charge in [0, 0.05) is 19.5 Å². The molecule has 2 aliphatic rings. The molecule has 2 heterocycles. The number of hydrogen-bond acceptors (Lipinski definition) is 5. The van der Waals surface area contributed by atoms with Crippen LogP contribution >= 0.6 is 0 Å². The lowest BCUT2D eigenvalue weighted by atomic mass is 9.98. The summed E-state index contributed by atoms with van der Waals surface area (Å²) in [6.45, 7) is 5.72. The number of benzene rings is 2. The van der Waals surface area contributed by atoms with Crippen LogP contribution in [0.5, 0.6) is 11.5 Å². The van der Waals surface area contributed by atoms with Crippen LogP contribution in [-0.2, 0) is 4.79 Å². The van der Waals surface area contributed by atoms with E-state index in [4.69, 9.17) is 9.47 Å². The zero-order chi connectivity index (χ0) is 24.5. The maximum Gasteiger partial charge on any atom is 0.220 e. The minimum absolute atomic E-state index is 0.0156. The first kappa shape index (κ1) is 25.5. The fourth-order valence-electron chi connectivity index (χ4n) is 5.14. The number of carbonyl (C=O) groups excluding carboxylic acids is 1. The largest absolute Gasteiger partial charge is 0.486 e. The van der Waals surface area contributed by atoms with Crippen LogP contribution in [0.3, 0.4) is 0 Å². The zero-order valence-electron chi connectivity index (χ0n) is 21.0. The van der Waals surface area contributed by atoms with E-state index in [0.717, 1.165) is 37.9 Å². The second-order valence-corrected chi connectivity index (χ2v) is 9.84. The van der Waals surface area contributed by atoms with Crippen LogP contribution in [0.4, 0.5) is 0 Å². The Morgan fingerprint density at radius 2 is 1.83 bits per heavy atom. The minimum Gasteiger partial charge on any atom is -0.486 e. The Kier molecular flexibility index (Phi) is 9.43. The second-order valence-electron chi connectivity index (χ2n) is 9.84. The first-order chi connectivity index (χ1) is 17.1. The number of amides is 1. The van der Waals surface area contributed by atoms with Gasteiger partial charge in [-0.15, -0.1) is 0 Å². The van der Waals surface area contributed by atoms with Gasteiger partial charge in [-0.1, -0.05) is 69.0 Å². The third-order valence-electron chi connectivity index (χ3n) is 7.14. The van der Waals surface area contributed by atoms with Gasteiger partial charge < -0.3 is 24.8 Å². The number of carbonyl (C=O) groups is 1. The maximum absolute atomic E-state index is 12.8. The third kappa shape index (κ3) is 7.21. The van der Waals surface area contributed by atoms with Gasteiger partial charge in [0.15, 0.2) is 11.5 Å².